The monoisotopic (exact) mass is 405 g/mol. The Balaban J connectivity index is 1.39. The van der Waals surface area contributed by atoms with Gasteiger partial charge in [-0.05, 0) is 30.4 Å². The maximum absolute atomic E-state index is 13.5. The highest BCUT2D eigenvalue weighted by molar-refractivity contribution is 5.87. The fourth-order valence-electron chi connectivity index (χ4n) is 4.51. The molecule has 2 aromatic carbocycles. The topological polar surface area (TPSA) is 43.9 Å². The zero-order valence-electron chi connectivity index (χ0n) is 17.6. The predicted molar refractivity (Wildman–Crippen MR) is 118 cm³/mol. The number of benzene rings is 2. The molecule has 0 atom stereocenters. The Morgan fingerprint density at radius 1 is 0.667 bits per heavy atom. The number of likely N-dealkylation sites (tertiary alicyclic amines) is 1. The Kier molecular flexibility index (Phi) is 6.80. The van der Waals surface area contributed by atoms with Gasteiger partial charge < -0.3 is 9.80 Å². The number of piperazine rings is 1. The molecular weight excluding hydrogens is 374 g/mol. The maximum atomic E-state index is 13.5. The van der Waals surface area contributed by atoms with Gasteiger partial charge in [-0.15, -0.1) is 0 Å². The van der Waals surface area contributed by atoms with Gasteiger partial charge in [0.2, 0.25) is 11.8 Å². The number of hydrogen-bond acceptors (Lipinski definition) is 3. The van der Waals surface area contributed by atoms with Gasteiger partial charge in [-0.25, -0.2) is 0 Å². The van der Waals surface area contributed by atoms with E-state index in [0.29, 0.717) is 19.6 Å². The first-order chi connectivity index (χ1) is 14.7. The van der Waals surface area contributed by atoms with Crippen LogP contribution in [0, 0.1) is 0 Å². The molecule has 5 heteroatoms. The fourth-order valence-corrected chi connectivity index (χ4v) is 4.51. The van der Waals surface area contributed by atoms with Gasteiger partial charge in [0.1, 0.15) is 0 Å². The lowest BCUT2D eigenvalue weighted by Crippen LogP contribution is -2.52. The van der Waals surface area contributed by atoms with Crippen molar-refractivity contribution in [3.8, 4) is 0 Å². The van der Waals surface area contributed by atoms with Crippen LogP contribution in [-0.2, 0) is 9.59 Å². The van der Waals surface area contributed by atoms with E-state index >= 15 is 0 Å². The first-order valence-corrected chi connectivity index (χ1v) is 11.1. The smallest absolute Gasteiger partial charge is 0.236 e. The molecule has 5 nitrogen and oxygen atoms in total. The normalized spacial score (nSPS) is 17.9. The van der Waals surface area contributed by atoms with E-state index in [4.69, 9.17) is 0 Å². The molecule has 2 saturated heterocycles. The van der Waals surface area contributed by atoms with Crippen LogP contribution in [0.4, 0.5) is 0 Å². The molecule has 2 aromatic rings. The van der Waals surface area contributed by atoms with Gasteiger partial charge in [0, 0.05) is 39.3 Å². The van der Waals surface area contributed by atoms with Crippen molar-refractivity contribution in [1.82, 2.24) is 14.7 Å². The SMILES string of the molecule is O=C(CN1CCN(C(=O)C(c2ccccc2)c2ccccc2)CC1)N1CCCCC1. The maximum Gasteiger partial charge on any atom is 0.236 e. The molecule has 0 radical (unpaired) electrons. The van der Waals surface area contributed by atoms with E-state index in [0.717, 1.165) is 50.1 Å². The summed E-state index contributed by atoms with van der Waals surface area (Å²) >= 11 is 0. The van der Waals surface area contributed by atoms with E-state index in [1.807, 2.05) is 70.5 Å². The van der Waals surface area contributed by atoms with Crippen LogP contribution in [0.3, 0.4) is 0 Å². The molecule has 0 unspecified atom stereocenters. The quantitative estimate of drug-likeness (QED) is 0.768. The molecule has 0 bridgehead atoms. The molecule has 2 heterocycles. The highest BCUT2D eigenvalue weighted by atomic mass is 16.2. The minimum absolute atomic E-state index is 0.148. The van der Waals surface area contributed by atoms with Crippen LogP contribution in [0.1, 0.15) is 36.3 Å². The van der Waals surface area contributed by atoms with Crippen molar-refractivity contribution in [2.24, 2.45) is 0 Å². The van der Waals surface area contributed by atoms with E-state index in [1.165, 1.54) is 6.42 Å². The predicted octanol–water partition coefficient (Wildman–Crippen LogP) is 2.98. The summed E-state index contributed by atoms with van der Waals surface area (Å²) < 4.78 is 0. The van der Waals surface area contributed by atoms with Crippen LogP contribution in [-0.4, -0.2) is 72.3 Å². The number of carbonyl (C=O) groups is 2. The molecule has 0 aromatic heterocycles. The molecule has 2 amide bonds. The van der Waals surface area contributed by atoms with Crippen molar-refractivity contribution >= 4 is 11.8 Å². The van der Waals surface area contributed by atoms with E-state index in [9.17, 15) is 9.59 Å². The van der Waals surface area contributed by atoms with Crippen molar-refractivity contribution in [1.29, 1.82) is 0 Å². The van der Waals surface area contributed by atoms with E-state index in [2.05, 4.69) is 4.90 Å². The molecule has 0 spiro atoms. The summed E-state index contributed by atoms with van der Waals surface area (Å²) in [5, 5.41) is 0. The molecule has 0 N–H and O–H groups in total. The average molecular weight is 406 g/mol. The summed E-state index contributed by atoms with van der Waals surface area (Å²) in [6.07, 6.45) is 3.47. The third-order valence-corrected chi connectivity index (χ3v) is 6.26. The lowest BCUT2D eigenvalue weighted by molar-refractivity contribution is -0.136. The van der Waals surface area contributed by atoms with Gasteiger partial charge in [0.25, 0.3) is 0 Å². The summed E-state index contributed by atoms with van der Waals surface area (Å²) in [5.74, 6) is 0.101. The van der Waals surface area contributed by atoms with Gasteiger partial charge in [-0.3, -0.25) is 14.5 Å². The minimum Gasteiger partial charge on any atom is -0.342 e. The Morgan fingerprint density at radius 2 is 1.20 bits per heavy atom. The third kappa shape index (κ3) is 4.90. The van der Waals surface area contributed by atoms with Crippen molar-refractivity contribution < 1.29 is 9.59 Å². The number of carbonyl (C=O) groups excluding carboxylic acids is 2. The number of hydrogen-bond donors (Lipinski definition) is 0. The molecular formula is C25H31N3O2. The summed E-state index contributed by atoms with van der Waals surface area (Å²) in [5.41, 5.74) is 2.05. The highest BCUT2D eigenvalue weighted by Gasteiger charge is 2.30. The average Bonchev–Trinajstić information content (AvgIpc) is 2.81. The number of rotatable bonds is 5. The van der Waals surface area contributed by atoms with Gasteiger partial charge >= 0.3 is 0 Å². The van der Waals surface area contributed by atoms with Gasteiger partial charge in [0.05, 0.1) is 12.5 Å². The number of nitrogens with zero attached hydrogens (tertiary/aromatic N) is 3. The summed E-state index contributed by atoms with van der Waals surface area (Å²) in [7, 11) is 0. The molecule has 4 rings (SSSR count). The standard InChI is InChI=1S/C25H31N3O2/c29-23(27-14-8-3-9-15-27)20-26-16-18-28(19-17-26)25(30)24(21-10-4-1-5-11-21)22-12-6-2-7-13-22/h1-2,4-7,10-13,24H,3,8-9,14-20H2. The van der Waals surface area contributed by atoms with Crippen LogP contribution >= 0.6 is 0 Å². The second-order valence-electron chi connectivity index (χ2n) is 8.30. The lowest BCUT2D eigenvalue weighted by atomic mass is 9.90. The van der Waals surface area contributed by atoms with Gasteiger partial charge in [-0.2, -0.15) is 0 Å². The Morgan fingerprint density at radius 3 is 1.73 bits per heavy atom. The number of piperidine rings is 1. The molecule has 2 fully saturated rings. The summed E-state index contributed by atoms with van der Waals surface area (Å²) in [4.78, 5) is 32.2. The van der Waals surface area contributed by atoms with Gasteiger partial charge in [-0.1, -0.05) is 60.7 Å². The lowest BCUT2D eigenvalue weighted by Gasteiger charge is -2.37. The third-order valence-electron chi connectivity index (χ3n) is 6.26. The Bertz CT molecular complexity index is 786. The van der Waals surface area contributed by atoms with Crippen LogP contribution < -0.4 is 0 Å². The first kappa shape index (κ1) is 20.6. The molecule has 2 aliphatic heterocycles. The van der Waals surface area contributed by atoms with Crippen molar-refractivity contribution in [3.63, 3.8) is 0 Å². The van der Waals surface area contributed by atoms with Crippen molar-refractivity contribution in [2.45, 2.75) is 25.2 Å². The van der Waals surface area contributed by atoms with Crippen molar-refractivity contribution in [3.05, 3.63) is 71.8 Å². The zero-order chi connectivity index (χ0) is 20.8. The van der Waals surface area contributed by atoms with E-state index < -0.39 is 0 Å². The number of amides is 2. The van der Waals surface area contributed by atoms with Crippen LogP contribution in [0.2, 0.25) is 0 Å². The fraction of sp³-hybridized carbons (Fsp3) is 0.440. The van der Waals surface area contributed by atoms with Crippen LogP contribution in [0.5, 0.6) is 0 Å². The van der Waals surface area contributed by atoms with Crippen LogP contribution in [0.15, 0.2) is 60.7 Å². The molecule has 0 aliphatic carbocycles. The molecule has 30 heavy (non-hydrogen) atoms. The Hall–Kier alpha value is -2.66. The summed E-state index contributed by atoms with van der Waals surface area (Å²) in [6.45, 7) is 5.11. The molecule has 0 saturated carbocycles. The van der Waals surface area contributed by atoms with E-state index in [-0.39, 0.29) is 17.7 Å². The van der Waals surface area contributed by atoms with E-state index in [1.54, 1.807) is 0 Å². The van der Waals surface area contributed by atoms with Gasteiger partial charge in [0.15, 0.2) is 0 Å². The highest BCUT2D eigenvalue weighted by Crippen LogP contribution is 2.27. The molecule has 2 aliphatic rings. The second kappa shape index (κ2) is 9.90. The Labute approximate surface area is 179 Å². The summed E-state index contributed by atoms with van der Waals surface area (Å²) in [6, 6.07) is 20.0. The second-order valence-corrected chi connectivity index (χ2v) is 8.30. The first-order valence-electron chi connectivity index (χ1n) is 11.1. The minimum atomic E-state index is -0.283. The largest absolute Gasteiger partial charge is 0.342 e. The molecule has 158 valence electrons. The van der Waals surface area contributed by atoms with Crippen LogP contribution in [0.25, 0.3) is 0 Å². The zero-order valence-corrected chi connectivity index (χ0v) is 17.6. The van der Waals surface area contributed by atoms with Crippen molar-refractivity contribution in [2.75, 3.05) is 45.8 Å².